The zero-order valence-electron chi connectivity index (χ0n) is 15.9. The quantitative estimate of drug-likeness (QED) is 0.388. The monoisotopic (exact) mass is 389 g/mol. The lowest BCUT2D eigenvalue weighted by atomic mass is 9.89. The molecule has 0 saturated heterocycles. The summed E-state index contributed by atoms with van der Waals surface area (Å²) in [4.78, 5) is 10.4. The van der Waals surface area contributed by atoms with E-state index in [9.17, 15) is 25.2 Å². The first kappa shape index (κ1) is 22.1. The molecule has 0 heterocycles. The number of aliphatic hydroxyl groups excluding tert-OH is 3. The summed E-state index contributed by atoms with van der Waals surface area (Å²) in [5.41, 5.74) is 0. The van der Waals surface area contributed by atoms with Gasteiger partial charge in [0.2, 0.25) is 0 Å². The second-order valence-corrected chi connectivity index (χ2v) is 7.16. The number of carboxylic acids is 1. The number of carbonyl (C=O) groups is 1. The van der Waals surface area contributed by atoms with Gasteiger partial charge >= 0.3 is 0 Å². The fourth-order valence-electron chi connectivity index (χ4n) is 3.45. The lowest BCUT2D eigenvalue weighted by molar-refractivity contribution is -0.305. The molecule has 0 bridgehead atoms. The first-order valence-electron chi connectivity index (χ1n) is 9.72. The van der Waals surface area contributed by atoms with Crippen molar-refractivity contribution in [1.82, 2.24) is 0 Å². The Labute approximate surface area is 165 Å². The van der Waals surface area contributed by atoms with Crippen LogP contribution in [0.5, 0.6) is 5.75 Å². The van der Waals surface area contributed by atoms with Gasteiger partial charge in [-0.05, 0) is 43.7 Å². The van der Waals surface area contributed by atoms with Gasteiger partial charge in [0.25, 0.3) is 0 Å². The van der Waals surface area contributed by atoms with Crippen LogP contribution in [0.4, 0.5) is 0 Å². The largest absolute Gasteiger partial charge is 0.550 e. The molecule has 0 amide bonds. The van der Waals surface area contributed by atoms with Crippen LogP contribution in [-0.2, 0) is 4.79 Å². The molecule has 0 radical (unpaired) electrons. The van der Waals surface area contributed by atoms with Crippen molar-refractivity contribution in [3.63, 3.8) is 0 Å². The molecule has 1 aliphatic carbocycles. The molecule has 1 aromatic rings. The Kier molecular flexibility index (Phi) is 9.20. The van der Waals surface area contributed by atoms with E-state index < -0.39 is 24.3 Å². The fraction of sp³-hybridized carbons (Fsp3) is 0.500. The van der Waals surface area contributed by atoms with E-state index in [0.29, 0.717) is 31.4 Å². The van der Waals surface area contributed by atoms with Gasteiger partial charge in [-0.1, -0.05) is 42.5 Å². The number of ether oxygens (including phenoxy) is 1. The zero-order valence-corrected chi connectivity index (χ0v) is 15.9. The smallest absolute Gasteiger partial charge is 0.119 e. The maximum Gasteiger partial charge on any atom is 0.119 e. The van der Waals surface area contributed by atoms with E-state index >= 15 is 0 Å². The zero-order chi connectivity index (χ0) is 20.4. The van der Waals surface area contributed by atoms with Gasteiger partial charge in [-0.25, -0.2) is 0 Å². The summed E-state index contributed by atoms with van der Waals surface area (Å²) in [7, 11) is 0. The number of hydrogen-bond donors (Lipinski definition) is 3. The number of aliphatic carboxylic acids is 1. The molecule has 1 saturated carbocycles. The Morgan fingerprint density at radius 2 is 1.96 bits per heavy atom. The first-order valence-corrected chi connectivity index (χ1v) is 9.72. The van der Waals surface area contributed by atoms with Crippen molar-refractivity contribution in [2.75, 3.05) is 6.61 Å². The van der Waals surface area contributed by atoms with Gasteiger partial charge in [0, 0.05) is 18.3 Å². The minimum Gasteiger partial charge on any atom is -0.550 e. The van der Waals surface area contributed by atoms with Gasteiger partial charge in [0.15, 0.2) is 0 Å². The van der Waals surface area contributed by atoms with Crippen molar-refractivity contribution in [2.24, 2.45) is 11.8 Å². The number of allylic oxidation sites excluding steroid dienone is 2. The molecule has 0 spiro atoms. The number of aliphatic hydroxyl groups is 3. The Morgan fingerprint density at radius 1 is 1.21 bits per heavy atom. The minimum atomic E-state index is -1.05. The molecule has 28 heavy (non-hydrogen) atoms. The van der Waals surface area contributed by atoms with E-state index in [4.69, 9.17) is 4.74 Å². The van der Waals surface area contributed by atoms with Gasteiger partial charge in [-0.15, -0.1) is 0 Å². The van der Waals surface area contributed by atoms with Crippen LogP contribution < -0.4 is 9.84 Å². The maximum atomic E-state index is 10.4. The predicted molar refractivity (Wildman–Crippen MR) is 103 cm³/mol. The van der Waals surface area contributed by atoms with Crippen LogP contribution in [0.25, 0.3) is 0 Å². The van der Waals surface area contributed by atoms with Gasteiger partial charge in [-0.2, -0.15) is 0 Å². The Morgan fingerprint density at radius 3 is 2.68 bits per heavy atom. The molecule has 6 heteroatoms. The molecule has 154 valence electrons. The summed E-state index contributed by atoms with van der Waals surface area (Å²) >= 11 is 0. The van der Waals surface area contributed by atoms with Crippen LogP contribution in [0.3, 0.4) is 0 Å². The van der Waals surface area contributed by atoms with Crippen LogP contribution in [0.2, 0.25) is 0 Å². The molecule has 0 aliphatic heterocycles. The molecule has 1 aromatic carbocycles. The van der Waals surface area contributed by atoms with Gasteiger partial charge in [-0.3, -0.25) is 0 Å². The van der Waals surface area contributed by atoms with Crippen LogP contribution in [0.15, 0.2) is 54.6 Å². The van der Waals surface area contributed by atoms with Gasteiger partial charge in [0.1, 0.15) is 18.5 Å². The van der Waals surface area contributed by atoms with Crippen molar-refractivity contribution in [2.45, 2.75) is 50.4 Å². The highest BCUT2D eigenvalue weighted by Crippen LogP contribution is 2.36. The van der Waals surface area contributed by atoms with Crippen LogP contribution >= 0.6 is 0 Å². The van der Waals surface area contributed by atoms with Crippen LogP contribution in [-0.4, -0.2) is 46.2 Å². The van der Waals surface area contributed by atoms with Gasteiger partial charge < -0.3 is 30.0 Å². The average Bonchev–Trinajstić information content (AvgIpc) is 2.94. The molecule has 6 nitrogen and oxygen atoms in total. The molecule has 0 aromatic heterocycles. The Bertz CT molecular complexity index is 642. The van der Waals surface area contributed by atoms with Crippen molar-refractivity contribution < 1.29 is 30.0 Å². The summed E-state index contributed by atoms with van der Waals surface area (Å²) in [5.74, 6) is -0.782. The number of carbonyl (C=O) groups excluding carboxylic acids is 1. The highest BCUT2D eigenvalue weighted by atomic mass is 16.5. The van der Waals surface area contributed by atoms with E-state index in [2.05, 4.69) is 0 Å². The minimum absolute atomic E-state index is 0.0312. The second-order valence-electron chi connectivity index (χ2n) is 7.16. The fourth-order valence-corrected chi connectivity index (χ4v) is 3.45. The molecular weight excluding hydrogens is 360 g/mol. The average molecular weight is 389 g/mol. The third kappa shape index (κ3) is 7.46. The Balaban J connectivity index is 1.82. The van der Waals surface area contributed by atoms with E-state index in [1.54, 1.807) is 12.2 Å². The standard InChI is InChI=1S/C22H30O6/c23-16(15-28-17-8-4-3-5-9-17)12-13-19-18(20(24)14-21(19)25)10-6-1-2-7-11-22(26)27/h1,3-6,8-9,12-13,16,18-21,23-25H,2,7,10-11,14-15H2,(H,26,27)/p-1/b6-1-,13-12+/t16-,18-,19-,20+,21-/m1/s1. The molecule has 1 aliphatic rings. The first-order chi connectivity index (χ1) is 13.5. The van der Waals surface area contributed by atoms with Crippen LogP contribution in [0.1, 0.15) is 32.1 Å². The highest BCUT2D eigenvalue weighted by Gasteiger charge is 2.39. The van der Waals surface area contributed by atoms with E-state index in [0.717, 1.165) is 0 Å². The predicted octanol–water partition coefficient (Wildman–Crippen LogP) is 1.21. The molecule has 1 fully saturated rings. The number of hydrogen-bond acceptors (Lipinski definition) is 6. The number of unbranched alkanes of at least 4 members (excludes halogenated alkanes) is 1. The highest BCUT2D eigenvalue weighted by molar-refractivity contribution is 5.64. The third-order valence-corrected chi connectivity index (χ3v) is 4.96. The van der Waals surface area contributed by atoms with E-state index in [1.807, 2.05) is 42.5 Å². The number of carboxylic acid groups (broad SMARTS) is 1. The van der Waals surface area contributed by atoms with Crippen molar-refractivity contribution in [3.05, 3.63) is 54.6 Å². The lowest BCUT2D eigenvalue weighted by Gasteiger charge is -2.19. The number of benzene rings is 1. The topological polar surface area (TPSA) is 110 Å². The van der Waals surface area contributed by atoms with E-state index in [1.165, 1.54) is 0 Å². The Hall–Kier alpha value is -2.15. The van der Waals surface area contributed by atoms with E-state index in [-0.39, 0.29) is 24.9 Å². The van der Waals surface area contributed by atoms with Crippen molar-refractivity contribution in [3.8, 4) is 5.75 Å². The lowest BCUT2D eigenvalue weighted by Crippen LogP contribution is -2.21. The SMILES string of the molecule is O=C([O-])CCC/C=C\C[C@@H]1[C@@H](/C=C/[C@@H](O)COc2ccccc2)[C@H](O)C[C@@H]1O. The third-order valence-electron chi connectivity index (χ3n) is 4.96. The molecular formula is C22H29O6-. The molecule has 3 N–H and O–H groups in total. The summed E-state index contributed by atoms with van der Waals surface area (Å²) < 4.78 is 5.51. The normalized spacial score (nSPS) is 26.1. The van der Waals surface area contributed by atoms with Gasteiger partial charge in [0.05, 0.1) is 12.2 Å². The molecule has 0 unspecified atom stereocenters. The van der Waals surface area contributed by atoms with Crippen molar-refractivity contribution >= 4 is 5.97 Å². The summed E-state index contributed by atoms with van der Waals surface area (Å²) in [6, 6.07) is 9.20. The maximum absolute atomic E-state index is 10.4. The summed E-state index contributed by atoms with van der Waals surface area (Å²) in [5, 5.41) is 40.9. The van der Waals surface area contributed by atoms with Crippen molar-refractivity contribution in [1.29, 1.82) is 0 Å². The molecule has 2 rings (SSSR count). The molecule has 5 atom stereocenters. The second kappa shape index (κ2) is 11.6. The summed E-state index contributed by atoms with van der Waals surface area (Å²) in [6.07, 6.45) is 7.14. The summed E-state index contributed by atoms with van der Waals surface area (Å²) in [6.45, 7) is 0.106. The number of rotatable bonds is 11. The number of para-hydroxylation sites is 1. The van der Waals surface area contributed by atoms with Crippen LogP contribution in [0, 0.1) is 11.8 Å².